The summed E-state index contributed by atoms with van der Waals surface area (Å²) in [5, 5.41) is 3.23. The molecule has 0 spiro atoms. The minimum absolute atomic E-state index is 0.0937. The molecule has 1 N–H and O–H groups in total. The standard InChI is InChI=1S/C17H20FN3O3S2/c18-13-2-1-3-14-15(13)19-17(25-14)20-16(22)11-4-7-21(8-5-11)12-6-9-26(23,24)10-12/h1-3,11-12H,4-10H2,(H,19,20,22). The number of aromatic nitrogens is 1. The highest BCUT2D eigenvalue weighted by Crippen LogP contribution is 2.29. The highest BCUT2D eigenvalue weighted by molar-refractivity contribution is 7.91. The van der Waals surface area contributed by atoms with Crippen molar-refractivity contribution in [3.63, 3.8) is 0 Å². The molecule has 0 saturated carbocycles. The molecule has 2 fully saturated rings. The lowest BCUT2D eigenvalue weighted by Crippen LogP contribution is -2.44. The maximum atomic E-state index is 13.7. The van der Waals surface area contributed by atoms with Gasteiger partial charge in [-0.15, -0.1) is 0 Å². The van der Waals surface area contributed by atoms with E-state index in [1.54, 1.807) is 12.1 Å². The number of carbonyl (C=O) groups excluding carboxylic acids is 1. The van der Waals surface area contributed by atoms with E-state index in [1.807, 2.05) is 0 Å². The quantitative estimate of drug-likeness (QED) is 0.860. The van der Waals surface area contributed by atoms with Gasteiger partial charge in [-0.3, -0.25) is 9.69 Å². The highest BCUT2D eigenvalue weighted by Gasteiger charge is 2.35. The lowest BCUT2D eigenvalue weighted by molar-refractivity contribution is -0.121. The Morgan fingerprint density at radius 3 is 2.69 bits per heavy atom. The number of hydrogen-bond donors (Lipinski definition) is 1. The van der Waals surface area contributed by atoms with E-state index in [4.69, 9.17) is 0 Å². The Morgan fingerprint density at radius 2 is 2.04 bits per heavy atom. The fraction of sp³-hybridized carbons (Fsp3) is 0.529. The van der Waals surface area contributed by atoms with E-state index in [2.05, 4.69) is 15.2 Å². The molecule has 2 saturated heterocycles. The number of fused-ring (bicyclic) bond motifs is 1. The van der Waals surface area contributed by atoms with Gasteiger partial charge in [0.25, 0.3) is 0 Å². The normalized spacial score (nSPS) is 24.1. The van der Waals surface area contributed by atoms with Crippen molar-refractivity contribution in [3.05, 3.63) is 24.0 Å². The van der Waals surface area contributed by atoms with Crippen LogP contribution in [-0.2, 0) is 14.6 Å². The first-order valence-corrected chi connectivity index (χ1v) is 11.4. The Kier molecular flexibility index (Phi) is 4.70. The third-order valence-electron chi connectivity index (χ3n) is 5.23. The molecular formula is C17H20FN3O3S2. The zero-order chi connectivity index (χ0) is 18.3. The van der Waals surface area contributed by atoms with Crippen LogP contribution in [0.25, 0.3) is 10.2 Å². The van der Waals surface area contributed by atoms with E-state index in [9.17, 15) is 17.6 Å². The van der Waals surface area contributed by atoms with Crippen molar-refractivity contribution in [1.29, 1.82) is 0 Å². The number of hydrogen-bond acceptors (Lipinski definition) is 6. The van der Waals surface area contributed by atoms with Crippen LogP contribution in [0.2, 0.25) is 0 Å². The number of amides is 1. The molecule has 2 aliphatic heterocycles. The minimum Gasteiger partial charge on any atom is -0.302 e. The monoisotopic (exact) mass is 397 g/mol. The number of anilines is 1. The number of nitrogens with zero attached hydrogens (tertiary/aromatic N) is 2. The van der Waals surface area contributed by atoms with Gasteiger partial charge >= 0.3 is 0 Å². The zero-order valence-electron chi connectivity index (χ0n) is 14.2. The number of halogens is 1. The minimum atomic E-state index is -2.89. The van der Waals surface area contributed by atoms with Gasteiger partial charge in [-0.2, -0.15) is 0 Å². The van der Waals surface area contributed by atoms with Gasteiger partial charge in [-0.05, 0) is 44.5 Å². The van der Waals surface area contributed by atoms with E-state index in [-0.39, 0.29) is 40.7 Å². The highest BCUT2D eigenvalue weighted by atomic mass is 32.2. The molecule has 1 aromatic carbocycles. The van der Waals surface area contributed by atoms with Crippen molar-refractivity contribution >= 4 is 42.4 Å². The molecule has 1 amide bonds. The molecule has 9 heteroatoms. The van der Waals surface area contributed by atoms with E-state index in [0.717, 1.165) is 13.1 Å². The zero-order valence-corrected chi connectivity index (χ0v) is 15.8. The van der Waals surface area contributed by atoms with Gasteiger partial charge in [0, 0.05) is 12.0 Å². The Bertz CT molecular complexity index is 936. The third kappa shape index (κ3) is 3.60. The average Bonchev–Trinajstić information content (AvgIpc) is 3.18. The van der Waals surface area contributed by atoms with Crippen molar-refractivity contribution in [2.75, 3.05) is 29.9 Å². The number of rotatable bonds is 3. The van der Waals surface area contributed by atoms with Crippen LogP contribution >= 0.6 is 11.3 Å². The Labute approximate surface area is 155 Å². The fourth-order valence-corrected chi connectivity index (χ4v) is 6.41. The van der Waals surface area contributed by atoms with Gasteiger partial charge in [0.05, 0.1) is 16.2 Å². The molecule has 2 aliphatic rings. The Balaban J connectivity index is 1.35. The molecule has 0 radical (unpaired) electrons. The smallest absolute Gasteiger partial charge is 0.229 e. The molecule has 2 aromatic rings. The van der Waals surface area contributed by atoms with Crippen molar-refractivity contribution in [2.45, 2.75) is 25.3 Å². The first-order chi connectivity index (χ1) is 12.4. The van der Waals surface area contributed by atoms with Gasteiger partial charge < -0.3 is 5.32 Å². The molecule has 1 unspecified atom stereocenters. The number of para-hydroxylation sites is 1. The van der Waals surface area contributed by atoms with E-state index >= 15 is 0 Å². The molecule has 6 nitrogen and oxygen atoms in total. The third-order valence-corrected chi connectivity index (χ3v) is 7.91. The SMILES string of the molecule is O=C(Nc1nc2c(F)cccc2s1)C1CCN(C2CCS(=O)(=O)C2)CC1. The van der Waals surface area contributed by atoms with Crippen molar-refractivity contribution < 1.29 is 17.6 Å². The van der Waals surface area contributed by atoms with Crippen molar-refractivity contribution in [1.82, 2.24) is 9.88 Å². The second kappa shape index (κ2) is 6.86. The largest absolute Gasteiger partial charge is 0.302 e. The number of carbonyl (C=O) groups is 1. The Morgan fingerprint density at radius 1 is 1.27 bits per heavy atom. The molecule has 4 rings (SSSR count). The van der Waals surface area contributed by atoms with Crippen LogP contribution in [0, 0.1) is 11.7 Å². The molecule has 0 aliphatic carbocycles. The second-order valence-electron chi connectivity index (χ2n) is 6.96. The number of benzene rings is 1. The first kappa shape index (κ1) is 17.8. The van der Waals surface area contributed by atoms with Crippen LogP contribution in [0.15, 0.2) is 18.2 Å². The summed E-state index contributed by atoms with van der Waals surface area (Å²) < 4.78 is 37.7. The summed E-state index contributed by atoms with van der Waals surface area (Å²) in [5.74, 6) is -0.101. The summed E-state index contributed by atoms with van der Waals surface area (Å²) in [7, 11) is -2.89. The molecule has 140 valence electrons. The number of piperidine rings is 1. The van der Waals surface area contributed by atoms with Gasteiger partial charge in [0.2, 0.25) is 5.91 Å². The van der Waals surface area contributed by atoms with Gasteiger partial charge in [0.1, 0.15) is 11.3 Å². The predicted molar refractivity (Wildman–Crippen MR) is 99.6 cm³/mol. The van der Waals surface area contributed by atoms with Gasteiger partial charge in [0.15, 0.2) is 15.0 Å². The molecule has 0 bridgehead atoms. The molecular weight excluding hydrogens is 377 g/mol. The lowest BCUT2D eigenvalue weighted by atomic mass is 9.95. The fourth-order valence-electron chi connectivity index (χ4n) is 3.77. The van der Waals surface area contributed by atoms with Crippen molar-refractivity contribution in [2.24, 2.45) is 5.92 Å². The second-order valence-corrected chi connectivity index (χ2v) is 10.2. The summed E-state index contributed by atoms with van der Waals surface area (Å²) in [6, 6.07) is 4.85. The number of sulfone groups is 1. The van der Waals surface area contributed by atoms with Crippen LogP contribution in [-0.4, -0.2) is 54.8 Å². The number of nitrogens with one attached hydrogen (secondary N) is 1. The maximum Gasteiger partial charge on any atom is 0.229 e. The predicted octanol–water partition coefficient (Wildman–Crippen LogP) is 2.27. The lowest BCUT2D eigenvalue weighted by Gasteiger charge is -2.34. The van der Waals surface area contributed by atoms with E-state index in [0.29, 0.717) is 29.1 Å². The van der Waals surface area contributed by atoms with Gasteiger partial charge in [-0.1, -0.05) is 17.4 Å². The molecule has 26 heavy (non-hydrogen) atoms. The average molecular weight is 397 g/mol. The van der Waals surface area contributed by atoms with Crippen molar-refractivity contribution in [3.8, 4) is 0 Å². The number of thiazole rings is 1. The summed E-state index contributed by atoms with van der Waals surface area (Å²) in [4.78, 5) is 18.9. The van der Waals surface area contributed by atoms with E-state index in [1.165, 1.54) is 17.4 Å². The van der Waals surface area contributed by atoms with Crippen LogP contribution in [0.3, 0.4) is 0 Å². The summed E-state index contributed by atoms with van der Waals surface area (Å²) >= 11 is 1.26. The summed E-state index contributed by atoms with van der Waals surface area (Å²) in [6.07, 6.45) is 2.08. The van der Waals surface area contributed by atoms with Crippen LogP contribution < -0.4 is 5.32 Å². The van der Waals surface area contributed by atoms with Crippen LogP contribution in [0.1, 0.15) is 19.3 Å². The van der Waals surface area contributed by atoms with Crippen LogP contribution in [0.4, 0.5) is 9.52 Å². The summed E-state index contributed by atoms with van der Waals surface area (Å²) in [6.45, 7) is 1.46. The Hall–Kier alpha value is -1.58. The maximum absolute atomic E-state index is 13.7. The molecule has 3 heterocycles. The number of likely N-dealkylation sites (tertiary alicyclic amines) is 1. The topological polar surface area (TPSA) is 79.4 Å². The molecule has 1 aromatic heterocycles. The first-order valence-electron chi connectivity index (χ1n) is 8.72. The van der Waals surface area contributed by atoms with Gasteiger partial charge in [-0.25, -0.2) is 17.8 Å². The molecule has 1 atom stereocenters. The summed E-state index contributed by atoms with van der Waals surface area (Å²) in [5.41, 5.74) is 0.282. The van der Waals surface area contributed by atoms with Crippen LogP contribution in [0.5, 0.6) is 0 Å². The van der Waals surface area contributed by atoms with E-state index < -0.39 is 9.84 Å².